The monoisotopic (exact) mass is 310 g/mol. The predicted octanol–water partition coefficient (Wildman–Crippen LogP) is 2.95. The Morgan fingerprint density at radius 2 is 1.96 bits per heavy atom. The Balaban J connectivity index is 1.97. The van der Waals surface area contributed by atoms with E-state index in [-0.39, 0.29) is 5.56 Å². The van der Waals surface area contributed by atoms with Gasteiger partial charge in [-0.2, -0.15) is 4.98 Å². The molecule has 0 radical (unpaired) electrons. The average molecular weight is 310 g/mol. The number of methoxy groups -OCH3 is 1. The molecule has 0 saturated heterocycles. The normalized spacial score (nSPS) is 10.7. The van der Waals surface area contributed by atoms with Crippen molar-refractivity contribution in [2.75, 3.05) is 12.4 Å². The van der Waals surface area contributed by atoms with Crippen molar-refractivity contribution in [1.29, 1.82) is 0 Å². The highest BCUT2D eigenvalue weighted by Crippen LogP contribution is 2.19. The second kappa shape index (κ2) is 6.48. The molecule has 118 valence electrons. The zero-order valence-electron chi connectivity index (χ0n) is 13.1. The van der Waals surface area contributed by atoms with Gasteiger partial charge in [0.25, 0.3) is 5.56 Å². The molecule has 0 aliphatic heterocycles. The molecule has 0 unspecified atom stereocenters. The van der Waals surface area contributed by atoms with Crippen molar-refractivity contribution in [1.82, 2.24) is 14.5 Å². The first kappa shape index (κ1) is 15.0. The van der Waals surface area contributed by atoms with E-state index in [9.17, 15) is 4.79 Å². The molecule has 2 aromatic heterocycles. The van der Waals surface area contributed by atoms with E-state index in [1.807, 2.05) is 31.2 Å². The van der Waals surface area contributed by atoms with Gasteiger partial charge in [0, 0.05) is 29.9 Å². The van der Waals surface area contributed by atoms with E-state index >= 15 is 0 Å². The van der Waals surface area contributed by atoms with Crippen molar-refractivity contribution in [3.05, 3.63) is 52.9 Å². The largest absolute Gasteiger partial charge is 0.497 e. The second-order valence-electron chi connectivity index (χ2n) is 5.15. The number of pyridine rings is 1. The van der Waals surface area contributed by atoms with Crippen LogP contribution in [0.1, 0.15) is 13.3 Å². The third-order valence-corrected chi connectivity index (χ3v) is 3.52. The van der Waals surface area contributed by atoms with Crippen LogP contribution < -0.4 is 15.6 Å². The first-order valence-corrected chi connectivity index (χ1v) is 7.49. The van der Waals surface area contributed by atoms with E-state index in [4.69, 9.17) is 4.74 Å². The molecule has 3 rings (SSSR count). The Hall–Kier alpha value is -2.89. The number of nitrogens with zero attached hydrogens (tertiary/aromatic N) is 3. The van der Waals surface area contributed by atoms with Gasteiger partial charge in [-0.3, -0.25) is 9.36 Å². The molecule has 1 aromatic carbocycles. The van der Waals surface area contributed by atoms with Crippen LogP contribution in [0.5, 0.6) is 5.75 Å². The summed E-state index contributed by atoms with van der Waals surface area (Å²) in [6.45, 7) is 2.66. The Morgan fingerprint density at radius 3 is 2.65 bits per heavy atom. The predicted molar refractivity (Wildman–Crippen MR) is 90.4 cm³/mol. The molecule has 6 nitrogen and oxygen atoms in total. The third-order valence-electron chi connectivity index (χ3n) is 3.52. The maximum absolute atomic E-state index is 12.0. The number of nitrogens with one attached hydrogen (secondary N) is 1. The summed E-state index contributed by atoms with van der Waals surface area (Å²) in [5.41, 5.74) is 1.45. The number of fused-ring (bicyclic) bond motifs is 1. The smallest absolute Gasteiger partial charge is 0.252 e. The van der Waals surface area contributed by atoms with Crippen LogP contribution in [0.25, 0.3) is 11.0 Å². The standard InChI is InChI=1S/C17H18N4O2/c1-3-10-21-15(22)9-4-12-11-18-17(20-16(12)21)19-13-5-7-14(23-2)8-6-13/h4-9,11H,3,10H2,1-2H3,(H,18,19,20). The minimum atomic E-state index is -0.0477. The Labute approximate surface area is 133 Å². The molecule has 6 heteroatoms. The van der Waals surface area contributed by atoms with Gasteiger partial charge in [0.15, 0.2) is 0 Å². The maximum atomic E-state index is 12.0. The van der Waals surface area contributed by atoms with Crippen molar-refractivity contribution in [2.45, 2.75) is 19.9 Å². The lowest BCUT2D eigenvalue weighted by Gasteiger charge is -2.10. The van der Waals surface area contributed by atoms with Crippen LogP contribution in [-0.4, -0.2) is 21.6 Å². The molecule has 0 aliphatic rings. The van der Waals surface area contributed by atoms with Gasteiger partial charge in [0.1, 0.15) is 11.4 Å². The molecule has 0 aliphatic carbocycles. The molecule has 1 N–H and O–H groups in total. The van der Waals surface area contributed by atoms with E-state index in [1.54, 1.807) is 30.0 Å². The summed E-state index contributed by atoms with van der Waals surface area (Å²) in [7, 11) is 1.63. The van der Waals surface area contributed by atoms with Crippen LogP contribution in [0.3, 0.4) is 0 Å². The van der Waals surface area contributed by atoms with Crippen LogP contribution in [-0.2, 0) is 6.54 Å². The topological polar surface area (TPSA) is 69.0 Å². The number of rotatable bonds is 5. The van der Waals surface area contributed by atoms with E-state index in [2.05, 4.69) is 15.3 Å². The van der Waals surface area contributed by atoms with E-state index in [1.165, 1.54) is 0 Å². The first-order chi connectivity index (χ1) is 11.2. The lowest BCUT2D eigenvalue weighted by atomic mass is 10.3. The van der Waals surface area contributed by atoms with Crippen molar-refractivity contribution < 1.29 is 4.74 Å². The lowest BCUT2D eigenvalue weighted by molar-refractivity contribution is 0.415. The summed E-state index contributed by atoms with van der Waals surface area (Å²) in [5.74, 6) is 1.24. The molecule has 0 fully saturated rings. The quantitative estimate of drug-likeness (QED) is 0.784. The first-order valence-electron chi connectivity index (χ1n) is 7.49. The minimum absolute atomic E-state index is 0.0477. The highest BCUT2D eigenvalue weighted by atomic mass is 16.5. The molecule has 0 atom stereocenters. The van der Waals surface area contributed by atoms with Gasteiger partial charge < -0.3 is 10.1 Å². The number of aromatic nitrogens is 3. The molecule has 3 aromatic rings. The highest BCUT2D eigenvalue weighted by Gasteiger charge is 2.06. The fourth-order valence-corrected chi connectivity index (χ4v) is 2.37. The molecule has 0 bridgehead atoms. The summed E-state index contributed by atoms with van der Waals surface area (Å²) >= 11 is 0. The Morgan fingerprint density at radius 1 is 1.17 bits per heavy atom. The van der Waals surface area contributed by atoms with E-state index < -0.39 is 0 Å². The summed E-state index contributed by atoms with van der Waals surface area (Å²) in [6.07, 6.45) is 2.59. The van der Waals surface area contributed by atoms with Gasteiger partial charge in [0.05, 0.1) is 7.11 Å². The summed E-state index contributed by atoms with van der Waals surface area (Å²) in [4.78, 5) is 20.8. The lowest BCUT2D eigenvalue weighted by Crippen LogP contribution is -2.20. The third kappa shape index (κ3) is 3.15. The van der Waals surface area contributed by atoms with Gasteiger partial charge in [-0.15, -0.1) is 0 Å². The van der Waals surface area contributed by atoms with Crippen molar-refractivity contribution in [3.63, 3.8) is 0 Å². The fraction of sp³-hybridized carbons (Fsp3) is 0.235. The van der Waals surface area contributed by atoms with E-state index in [0.29, 0.717) is 18.1 Å². The molecule has 0 saturated carbocycles. The molecule has 2 heterocycles. The van der Waals surface area contributed by atoms with Crippen LogP contribution in [0.15, 0.2) is 47.4 Å². The van der Waals surface area contributed by atoms with Crippen LogP contribution in [0.4, 0.5) is 11.6 Å². The van der Waals surface area contributed by atoms with Crippen LogP contribution >= 0.6 is 0 Å². The van der Waals surface area contributed by atoms with Gasteiger partial charge in [-0.25, -0.2) is 4.98 Å². The number of hydrogen-bond acceptors (Lipinski definition) is 5. The van der Waals surface area contributed by atoms with Crippen molar-refractivity contribution >= 4 is 22.7 Å². The molecular weight excluding hydrogens is 292 g/mol. The molecule has 0 amide bonds. The Kier molecular flexibility index (Phi) is 4.23. The highest BCUT2D eigenvalue weighted by molar-refractivity contribution is 5.75. The van der Waals surface area contributed by atoms with Crippen LogP contribution in [0, 0.1) is 0 Å². The Bertz CT molecular complexity index is 872. The molecular formula is C17H18N4O2. The number of aryl methyl sites for hydroxylation is 1. The van der Waals surface area contributed by atoms with E-state index in [0.717, 1.165) is 23.2 Å². The SMILES string of the molecule is CCCn1c(=O)ccc2cnc(Nc3ccc(OC)cc3)nc21. The van der Waals surface area contributed by atoms with Gasteiger partial charge in [-0.1, -0.05) is 6.92 Å². The van der Waals surface area contributed by atoms with Gasteiger partial charge in [-0.05, 0) is 36.8 Å². The number of hydrogen-bond donors (Lipinski definition) is 1. The van der Waals surface area contributed by atoms with Gasteiger partial charge in [0.2, 0.25) is 5.95 Å². The zero-order valence-corrected chi connectivity index (χ0v) is 13.1. The fourth-order valence-electron chi connectivity index (χ4n) is 2.37. The maximum Gasteiger partial charge on any atom is 0.252 e. The van der Waals surface area contributed by atoms with Crippen molar-refractivity contribution in [2.24, 2.45) is 0 Å². The number of anilines is 2. The average Bonchev–Trinajstić information content (AvgIpc) is 2.58. The number of benzene rings is 1. The summed E-state index contributed by atoms with van der Waals surface area (Å²) < 4.78 is 6.81. The van der Waals surface area contributed by atoms with Gasteiger partial charge >= 0.3 is 0 Å². The zero-order chi connectivity index (χ0) is 16.2. The molecule has 23 heavy (non-hydrogen) atoms. The summed E-state index contributed by atoms with van der Waals surface area (Å²) in [6, 6.07) is 10.8. The second-order valence-corrected chi connectivity index (χ2v) is 5.15. The van der Waals surface area contributed by atoms with Crippen molar-refractivity contribution in [3.8, 4) is 5.75 Å². The summed E-state index contributed by atoms with van der Waals surface area (Å²) in [5, 5.41) is 3.99. The number of ether oxygens (including phenoxy) is 1. The minimum Gasteiger partial charge on any atom is -0.497 e. The van der Waals surface area contributed by atoms with Crippen LogP contribution in [0.2, 0.25) is 0 Å². The molecule has 0 spiro atoms.